The Balaban J connectivity index is 2.01. The normalized spacial score (nSPS) is 19.2. The second-order valence-corrected chi connectivity index (χ2v) is 5.25. The molecule has 0 bridgehead atoms. The van der Waals surface area contributed by atoms with Gasteiger partial charge in [-0.1, -0.05) is 6.07 Å². The van der Waals surface area contributed by atoms with Gasteiger partial charge >= 0.3 is 0 Å². The van der Waals surface area contributed by atoms with Crippen LogP contribution in [0.15, 0.2) is 18.2 Å². The summed E-state index contributed by atoms with van der Waals surface area (Å²) in [6, 6.07) is 4.71. The van der Waals surface area contributed by atoms with Crippen molar-refractivity contribution in [2.45, 2.75) is 19.8 Å². The molecule has 1 saturated heterocycles. The van der Waals surface area contributed by atoms with Crippen LogP contribution in [0.1, 0.15) is 28.8 Å². The van der Waals surface area contributed by atoms with E-state index in [2.05, 4.69) is 0 Å². The quantitative estimate of drug-likeness (QED) is 0.841. The average Bonchev–Trinajstić information content (AvgIpc) is 2.39. The fraction of sp³-hybridized carbons (Fsp3) is 0.533. The van der Waals surface area contributed by atoms with Crippen LogP contribution in [0, 0.1) is 18.7 Å². The lowest BCUT2D eigenvalue weighted by atomic mass is 10.0. The van der Waals surface area contributed by atoms with E-state index < -0.39 is 5.82 Å². The minimum atomic E-state index is -0.447. The molecule has 0 saturated carbocycles. The minimum absolute atomic E-state index is 0.143. The molecule has 1 heterocycles. The molecular formula is C15H20FNO2. The summed E-state index contributed by atoms with van der Waals surface area (Å²) in [4.78, 5) is 13.8. The number of hydrogen-bond acceptors (Lipinski definition) is 2. The van der Waals surface area contributed by atoms with E-state index in [9.17, 15) is 9.18 Å². The van der Waals surface area contributed by atoms with Gasteiger partial charge < -0.3 is 9.64 Å². The second kappa shape index (κ2) is 6.15. The van der Waals surface area contributed by atoms with Crippen LogP contribution in [-0.4, -0.2) is 37.6 Å². The summed E-state index contributed by atoms with van der Waals surface area (Å²) in [5.74, 6) is -0.351. The highest BCUT2D eigenvalue weighted by molar-refractivity contribution is 5.94. The molecule has 1 aromatic rings. The Kier molecular flexibility index (Phi) is 4.53. The highest BCUT2D eigenvalue weighted by atomic mass is 19.1. The van der Waals surface area contributed by atoms with E-state index in [0.29, 0.717) is 19.1 Å². The molecule has 19 heavy (non-hydrogen) atoms. The van der Waals surface area contributed by atoms with Crippen molar-refractivity contribution in [3.05, 3.63) is 35.1 Å². The lowest BCUT2D eigenvalue weighted by Gasteiger charge is -2.27. The second-order valence-electron chi connectivity index (χ2n) is 5.25. The summed E-state index contributed by atoms with van der Waals surface area (Å²) in [5, 5.41) is 0. The molecule has 0 aliphatic carbocycles. The number of amides is 1. The molecule has 104 valence electrons. The molecule has 3 nitrogen and oxygen atoms in total. The van der Waals surface area contributed by atoms with Crippen LogP contribution >= 0.6 is 0 Å². The lowest BCUT2D eigenvalue weighted by Crippen LogP contribution is -2.35. The van der Waals surface area contributed by atoms with Gasteiger partial charge in [0.25, 0.3) is 5.91 Å². The number of nitrogens with zero attached hydrogens (tertiary/aromatic N) is 1. The van der Waals surface area contributed by atoms with Gasteiger partial charge in [0.2, 0.25) is 0 Å². The molecule has 0 radical (unpaired) electrons. The third-order valence-electron chi connectivity index (χ3n) is 3.49. The van der Waals surface area contributed by atoms with Gasteiger partial charge in [-0.25, -0.2) is 4.39 Å². The van der Waals surface area contributed by atoms with Crippen molar-refractivity contribution in [3.8, 4) is 0 Å². The van der Waals surface area contributed by atoms with Crippen LogP contribution in [-0.2, 0) is 4.74 Å². The van der Waals surface area contributed by atoms with Crippen molar-refractivity contribution in [2.75, 3.05) is 26.8 Å². The van der Waals surface area contributed by atoms with Gasteiger partial charge in [0.1, 0.15) is 5.82 Å². The highest BCUT2D eigenvalue weighted by Gasteiger charge is 2.21. The summed E-state index contributed by atoms with van der Waals surface area (Å²) in [7, 11) is 1.72. The van der Waals surface area contributed by atoms with Crippen molar-refractivity contribution >= 4 is 5.91 Å². The molecule has 1 unspecified atom stereocenters. The zero-order valence-electron chi connectivity index (χ0n) is 11.5. The van der Waals surface area contributed by atoms with E-state index >= 15 is 0 Å². The van der Waals surface area contributed by atoms with Crippen molar-refractivity contribution in [3.63, 3.8) is 0 Å². The predicted octanol–water partition coefficient (Wildman–Crippen LogP) is 2.63. The maximum atomic E-state index is 13.8. The number of aryl methyl sites for hydroxylation is 1. The molecule has 1 aromatic carbocycles. The molecule has 0 N–H and O–H groups in total. The van der Waals surface area contributed by atoms with E-state index in [1.54, 1.807) is 31.0 Å². The molecule has 0 aromatic heterocycles. The molecule has 4 heteroatoms. The number of halogens is 1. The van der Waals surface area contributed by atoms with Crippen LogP contribution < -0.4 is 0 Å². The highest BCUT2D eigenvalue weighted by Crippen LogP contribution is 2.17. The van der Waals surface area contributed by atoms with Crippen molar-refractivity contribution in [2.24, 2.45) is 5.92 Å². The number of hydrogen-bond donors (Lipinski definition) is 0. The Hall–Kier alpha value is -1.42. The van der Waals surface area contributed by atoms with E-state index in [0.717, 1.165) is 25.0 Å². The Morgan fingerprint density at radius 3 is 2.95 bits per heavy atom. The van der Waals surface area contributed by atoms with Crippen LogP contribution in [0.25, 0.3) is 0 Å². The third-order valence-corrected chi connectivity index (χ3v) is 3.49. The third kappa shape index (κ3) is 3.53. The van der Waals surface area contributed by atoms with Crippen LogP contribution in [0.5, 0.6) is 0 Å². The molecule has 1 fully saturated rings. The summed E-state index contributed by atoms with van der Waals surface area (Å²) in [6.07, 6.45) is 2.10. The topological polar surface area (TPSA) is 29.5 Å². The molecule has 1 amide bonds. The van der Waals surface area contributed by atoms with Crippen molar-refractivity contribution in [1.82, 2.24) is 4.90 Å². The summed E-state index contributed by atoms with van der Waals surface area (Å²) in [6.45, 7) is 3.92. The van der Waals surface area contributed by atoms with Crippen LogP contribution in [0.4, 0.5) is 4.39 Å². The first-order valence-corrected chi connectivity index (χ1v) is 6.67. The monoisotopic (exact) mass is 265 g/mol. The molecule has 1 aliphatic rings. The first-order chi connectivity index (χ1) is 9.08. The molecule has 1 atom stereocenters. The van der Waals surface area contributed by atoms with Crippen LogP contribution in [0.2, 0.25) is 0 Å². The van der Waals surface area contributed by atoms with Gasteiger partial charge in [0, 0.05) is 20.2 Å². The first kappa shape index (κ1) is 14.0. The molecular weight excluding hydrogens is 245 g/mol. The summed E-state index contributed by atoms with van der Waals surface area (Å²) in [5.41, 5.74) is 0.960. The Bertz CT molecular complexity index is 455. The van der Waals surface area contributed by atoms with Gasteiger partial charge in [0.15, 0.2) is 0 Å². The van der Waals surface area contributed by atoms with Crippen molar-refractivity contribution in [1.29, 1.82) is 0 Å². The minimum Gasteiger partial charge on any atom is -0.381 e. The number of carbonyl (C=O) groups excluding carboxylic acids is 1. The van der Waals surface area contributed by atoms with Gasteiger partial charge in [-0.05, 0) is 43.4 Å². The Morgan fingerprint density at radius 2 is 2.32 bits per heavy atom. The average molecular weight is 265 g/mol. The van der Waals surface area contributed by atoms with E-state index in [-0.39, 0.29) is 11.5 Å². The Labute approximate surface area is 113 Å². The number of benzene rings is 1. The zero-order chi connectivity index (χ0) is 13.8. The van der Waals surface area contributed by atoms with Gasteiger partial charge in [-0.2, -0.15) is 0 Å². The number of rotatable bonds is 3. The van der Waals surface area contributed by atoms with Gasteiger partial charge in [0.05, 0.1) is 12.2 Å². The zero-order valence-corrected chi connectivity index (χ0v) is 11.5. The number of ether oxygens (including phenoxy) is 1. The largest absolute Gasteiger partial charge is 0.381 e. The predicted molar refractivity (Wildman–Crippen MR) is 71.6 cm³/mol. The maximum Gasteiger partial charge on any atom is 0.256 e. The fourth-order valence-corrected chi connectivity index (χ4v) is 2.42. The summed E-state index contributed by atoms with van der Waals surface area (Å²) < 4.78 is 19.2. The molecule has 0 spiro atoms. The first-order valence-electron chi connectivity index (χ1n) is 6.67. The van der Waals surface area contributed by atoms with E-state index in [1.165, 1.54) is 6.07 Å². The van der Waals surface area contributed by atoms with E-state index in [4.69, 9.17) is 4.74 Å². The smallest absolute Gasteiger partial charge is 0.256 e. The fourth-order valence-electron chi connectivity index (χ4n) is 2.42. The Morgan fingerprint density at radius 1 is 1.53 bits per heavy atom. The lowest BCUT2D eigenvalue weighted by molar-refractivity contribution is 0.0387. The van der Waals surface area contributed by atoms with Gasteiger partial charge in [-0.3, -0.25) is 4.79 Å². The summed E-state index contributed by atoms with van der Waals surface area (Å²) >= 11 is 0. The molecule has 2 rings (SSSR count). The van der Waals surface area contributed by atoms with Gasteiger partial charge in [-0.15, -0.1) is 0 Å². The van der Waals surface area contributed by atoms with Crippen molar-refractivity contribution < 1.29 is 13.9 Å². The number of carbonyl (C=O) groups is 1. The van der Waals surface area contributed by atoms with Crippen LogP contribution in [0.3, 0.4) is 0 Å². The standard InChI is InChI=1S/C15H20FNO2/c1-11-5-6-13(14(16)8-11)15(18)17(2)9-12-4-3-7-19-10-12/h5-6,8,12H,3-4,7,9-10H2,1-2H3. The van der Waals surface area contributed by atoms with E-state index in [1.807, 2.05) is 0 Å². The SMILES string of the molecule is Cc1ccc(C(=O)N(C)CC2CCCOC2)c(F)c1. The maximum absolute atomic E-state index is 13.8. The molecule has 1 aliphatic heterocycles.